The molecular formula is C17H20FN3OS. The number of nitrogens with one attached hydrogen (secondary N) is 1. The van der Waals surface area contributed by atoms with Gasteiger partial charge >= 0.3 is 0 Å². The minimum atomic E-state index is -0.245. The number of carbonyl (C=O) groups excluding carboxylic acids is 1. The van der Waals surface area contributed by atoms with E-state index in [1.807, 2.05) is 10.3 Å². The number of aromatic nitrogens is 1. The van der Waals surface area contributed by atoms with Gasteiger partial charge in [0.15, 0.2) is 0 Å². The van der Waals surface area contributed by atoms with Crippen LogP contribution in [0.1, 0.15) is 34.9 Å². The van der Waals surface area contributed by atoms with Gasteiger partial charge in [0, 0.05) is 37.0 Å². The van der Waals surface area contributed by atoms with Crippen LogP contribution in [0.5, 0.6) is 0 Å². The van der Waals surface area contributed by atoms with Crippen molar-refractivity contribution >= 4 is 17.2 Å². The molecule has 1 N–H and O–H groups in total. The molecular weight excluding hydrogens is 313 g/mol. The van der Waals surface area contributed by atoms with E-state index in [9.17, 15) is 9.18 Å². The summed E-state index contributed by atoms with van der Waals surface area (Å²) < 4.78 is 12.9. The van der Waals surface area contributed by atoms with Crippen LogP contribution in [0, 0.1) is 5.82 Å². The second-order valence-electron chi connectivity index (χ2n) is 5.91. The molecule has 1 aliphatic rings. The lowest BCUT2D eigenvalue weighted by molar-refractivity contribution is 0.0597. The number of hydrogen-bond donors (Lipinski definition) is 1. The maximum Gasteiger partial charge on any atom is 0.273 e. The van der Waals surface area contributed by atoms with E-state index < -0.39 is 0 Å². The molecule has 1 saturated heterocycles. The Morgan fingerprint density at radius 2 is 2.13 bits per heavy atom. The summed E-state index contributed by atoms with van der Waals surface area (Å²) in [6.45, 7) is 5.66. The lowest BCUT2D eigenvalue weighted by Gasteiger charge is -2.38. The molecule has 1 fully saturated rings. The zero-order chi connectivity index (χ0) is 16.4. The molecule has 0 radical (unpaired) electrons. The van der Waals surface area contributed by atoms with Crippen LogP contribution >= 0.6 is 11.3 Å². The first-order valence-electron chi connectivity index (χ1n) is 7.78. The van der Waals surface area contributed by atoms with Crippen LogP contribution in [-0.4, -0.2) is 41.0 Å². The van der Waals surface area contributed by atoms with Crippen LogP contribution < -0.4 is 5.32 Å². The van der Waals surface area contributed by atoms with Crippen molar-refractivity contribution in [2.24, 2.45) is 0 Å². The molecule has 1 aliphatic heterocycles. The maximum atomic E-state index is 12.9. The molecule has 4 nitrogen and oxygen atoms in total. The summed E-state index contributed by atoms with van der Waals surface area (Å²) >= 11 is 1.47. The molecule has 2 aromatic rings. The van der Waals surface area contributed by atoms with E-state index in [0.29, 0.717) is 18.7 Å². The van der Waals surface area contributed by atoms with E-state index in [1.165, 1.54) is 23.5 Å². The standard InChI is InChI=1S/C17H20FN3OS/c1-11-12(2)21(8-7-19-11)17(22)15-10-23-16(20-15)9-13-3-5-14(18)6-4-13/h3-6,10-12,19H,7-9H2,1-2H3. The molecule has 1 aromatic carbocycles. The number of thiazole rings is 1. The Morgan fingerprint density at radius 3 is 2.87 bits per heavy atom. The Kier molecular flexibility index (Phi) is 4.73. The van der Waals surface area contributed by atoms with Crippen LogP contribution in [-0.2, 0) is 6.42 Å². The van der Waals surface area contributed by atoms with Gasteiger partial charge in [-0.2, -0.15) is 0 Å². The first-order chi connectivity index (χ1) is 11.0. The highest BCUT2D eigenvalue weighted by Crippen LogP contribution is 2.19. The van der Waals surface area contributed by atoms with E-state index in [-0.39, 0.29) is 23.8 Å². The van der Waals surface area contributed by atoms with Gasteiger partial charge in [-0.05, 0) is 31.5 Å². The van der Waals surface area contributed by atoms with Crippen LogP contribution in [0.3, 0.4) is 0 Å². The molecule has 2 heterocycles. The number of piperazine rings is 1. The normalized spacial score (nSPS) is 21.4. The van der Waals surface area contributed by atoms with Gasteiger partial charge in [0.1, 0.15) is 11.5 Å². The molecule has 2 unspecified atom stereocenters. The third-order valence-corrected chi connectivity index (χ3v) is 5.18. The van der Waals surface area contributed by atoms with Crippen LogP contribution in [0.2, 0.25) is 0 Å². The van der Waals surface area contributed by atoms with Crippen LogP contribution in [0.25, 0.3) is 0 Å². The van der Waals surface area contributed by atoms with E-state index in [1.54, 1.807) is 12.1 Å². The highest BCUT2D eigenvalue weighted by molar-refractivity contribution is 7.09. The van der Waals surface area contributed by atoms with Gasteiger partial charge in [-0.15, -0.1) is 11.3 Å². The Morgan fingerprint density at radius 1 is 1.39 bits per heavy atom. The van der Waals surface area contributed by atoms with Crippen molar-refractivity contribution in [3.8, 4) is 0 Å². The fraction of sp³-hybridized carbons (Fsp3) is 0.412. The smallest absolute Gasteiger partial charge is 0.273 e. The quantitative estimate of drug-likeness (QED) is 0.939. The summed E-state index contributed by atoms with van der Waals surface area (Å²) in [4.78, 5) is 19.0. The van der Waals surface area contributed by atoms with Crippen molar-refractivity contribution in [1.29, 1.82) is 0 Å². The zero-order valence-electron chi connectivity index (χ0n) is 13.3. The minimum Gasteiger partial charge on any atom is -0.332 e. The molecule has 1 amide bonds. The summed E-state index contributed by atoms with van der Waals surface area (Å²) in [6.07, 6.45) is 0.617. The van der Waals surface area contributed by atoms with Crippen molar-refractivity contribution in [2.75, 3.05) is 13.1 Å². The van der Waals surface area contributed by atoms with Crippen LogP contribution in [0.4, 0.5) is 4.39 Å². The van der Waals surface area contributed by atoms with E-state index in [0.717, 1.165) is 17.1 Å². The Balaban J connectivity index is 1.71. The summed E-state index contributed by atoms with van der Waals surface area (Å²) in [5, 5.41) is 6.06. The number of rotatable bonds is 3. The molecule has 0 bridgehead atoms. The largest absolute Gasteiger partial charge is 0.332 e. The van der Waals surface area contributed by atoms with Crippen LogP contribution in [0.15, 0.2) is 29.6 Å². The second-order valence-corrected chi connectivity index (χ2v) is 6.85. The monoisotopic (exact) mass is 333 g/mol. The Hall–Kier alpha value is -1.79. The highest BCUT2D eigenvalue weighted by Gasteiger charge is 2.29. The summed E-state index contributed by atoms with van der Waals surface area (Å²) in [7, 11) is 0. The van der Waals surface area contributed by atoms with Crippen molar-refractivity contribution in [2.45, 2.75) is 32.4 Å². The van der Waals surface area contributed by atoms with Gasteiger partial charge < -0.3 is 10.2 Å². The average molecular weight is 333 g/mol. The lowest BCUT2D eigenvalue weighted by atomic mass is 10.1. The number of benzene rings is 1. The number of carbonyl (C=O) groups is 1. The fourth-order valence-electron chi connectivity index (χ4n) is 2.76. The zero-order valence-corrected chi connectivity index (χ0v) is 14.1. The lowest BCUT2D eigenvalue weighted by Crippen LogP contribution is -2.57. The number of hydrogen-bond acceptors (Lipinski definition) is 4. The first kappa shape index (κ1) is 16.1. The van der Waals surface area contributed by atoms with Crippen molar-refractivity contribution < 1.29 is 9.18 Å². The van der Waals surface area contributed by atoms with E-state index in [2.05, 4.69) is 24.1 Å². The summed E-state index contributed by atoms with van der Waals surface area (Å²) in [5.41, 5.74) is 1.50. The molecule has 122 valence electrons. The SMILES string of the molecule is CC1NCCN(C(=O)c2csc(Cc3ccc(F)cc3)n2)C1C. The van der Waals surface area contributed by atoms with Gasteiger partial charge in [-0.1, -0.05) is 12.1 Å². The van der Waals surface area contributed by atoms with Gasteiger partial charge in [0.25, 0.3) is 5.91 Å². The Labute approximate surface area is 139 Å². The Bertz CT molecular complexity index is 685. The van der Waals surface area contributed by atoms with Crippen molar-refractivity contribution in [3.05, 3.63) is 51.7 Å². The summed E-state index contributed by atoms with van der Waals surface area (Å²) in [5.74, 6) is -0.252. The molecule has 3 rings (SSSR count). The molecule has 2 atom stereocenters. The molecule has 1 aromatic heterocycles. The third kappa shape index (κ3) is 3.59. The molecule has 0 saturated carbocycles. The second kappa shape index (κ2) is 6.76. The fourth-order valence-corrected chi connectivity index (χ4v) is 3.56. The van der Waals surface area contributed by atoms with Crippen molar-refractivity contribution in [3.63, 3.8) is 0 Å². The molecule has 0 aliphatic carbocycles. The highest BCUT2D eigenvalue weighted by atomic mass is 32.1. The number of nitrogens with zero attached hydrogens (tertiary/aromatic N) is 2. The number of amides is 1. The summed E-state index contributed by atoms with van der Waals surface area (Å²) in [6, 6.07) is 6.82. The van der Waals surface area contributed by atoms with Gasteiger partial charge in [-0.25, -0.2) is 9.37 Å². The first-order valence-corrected chi connectivity index (χ1v) is 8.66. The van der Waals surface area contributed by atoms with Crippen molar-refractivity contribution in [1.82, 2.24) is 15.2 Å². The number of halogens is 1. The van der Waals surface area contributed by atoms with E-state index >= 15 is 0 Å². The topological polar surface area (TPSA) is 45.2 Å². The van der Waals surface area contributed by atoms with Gasteiger partial charge in [-0.3, -0.25) is 4.79 Å². The van der Waals surface area contributed by atoms with Gasteiger partial charge in [0.05, 0.1) is 5.01 Å². The third-order valence-electron chi connectivity index (χ3n) is 4.33. The minimum absolute atomic E-state index is 0.00699. The predicted molar refractivity (Wildman–Crippen MR) is 89.3 cm³/mol. The van der Waals surface area contributed by atoms with E-state index in [4.69, 9.17) is 0 Å². The predicted octanol–water partition coefficient (Wildman–Crippen LogP) is 2.70. The van der Waals surface area contributed by atoms with Gasteiger partial charge in [0.2, 0.25) is 0 Å². The molecule has 6 heteroatoms. The maximum absolute atomic E-state index is 12.9. The molecule has 0 spiro atoms. The molecule has 23 heavy (non-hydrogen) atoms. The average Bonchev–Trinajstić information content (AvgIpc) is 3.00.